The highest BCUT2D eigenvalue weighted by Gasteiger charge is 2.33. The van der Waals surface area contributed by atoms with Crippen molar-refractivity contribution in [3.63, 3.8) is 0 Å². The molecule has 0 spiro atoms. The third-order valence-corrected chi connectivity index (χ3v) is 7.54. The molecule has 3 aromatic carbocycles. The van der Waals surface area contributed by atoms with E-state index in [0.717, 1.165) is 16.8 Å². The number of amides is 1. The van der Waals surface area contributed by atoms with Gasteiger partial charge in [-0.25, -0.2) is 23.1 Å². The van der Waals surface area contributed by atoms with Gasteiger partial charge in [0.25, 0.3) is 10.0 Å². The number of carbonyl (C=O) groups is 1. The number of hydrazone groups is 1. The maximum Gasteiger partial charge on any atom is 0.264 e. The number of nitrogens with one attached hydrogen (secondary N) is 1. The van der Waals surface area contributed by atoms with Gasteiger partial charge in [-0.1, -0.05) is 65.7 Å². The highest BCUT2D eigenvalue weighted by atomic mass is 35.5. The summed E-state index contributed by atoms with van der Waals surface area (Å²) >= 11 is 12.0. The molecule has 4 rings (SSSR count). The van der Waals surface area contributed by atoms with Gasteiger partial charge in [-0.3, -0.25) is 4.79 Å². The van der Waals surface area contributed by atoms with Crippen molar-refractivity contribution in [2.75, 3.05) is 6.54 Å². The van der Waals surface area contributed by atoms with E-state index in [2.05, 4.69) is 9.71 Å². The van der Waals surface area contributed by atoms with E-state index < -0.39 is 22.0 Å². The molecule has 37 heavy (non-hydrogen) atoms. The van der Waals surface area contributed by atoms with Crippen molar-refractivity contribution < 1.29 is 13.2 Å². The number of primary amides is 1. The third-order valence-electron chi connectivity index (χ3n) is 5.69. The summed E-state index contributed by atoms with van der Waals surface area (Å²) in [4.78, 5) is 16.0. The molecule has 192 valence electrons. The number of halogens is 2. The average Bonchev–Trinajstić information content (AvgIpc) is 3.30. The van der Waals surface area contributed by atoms with Gasteiger partial charge in [0.1, 0.15) is 0 Å². The normalized spacial score (nSPS) is 16.8. The third kappa shape index (κ3) is 6.68. The number of nitrogens with zero attached hydrogens (tertiary/aromatic N) is 3. The van der Waals surface area contributed by atoms with Gasteiger partial charge in [0.05, 0.1) is 23.2 Å². The van der Waals surface area contributed by atoms with Crippen LogP contribution in [0.25, 0.3) is 0 Å². The van der Waals surface area contributed by atoms with Gasteiger partial charge in [0, 0.05) is 22.4 Å². The Labute approximate surface area is 225 Å². The minimum absolute atomic E-state index is 0.00728. The second-order valence-electron chi connectivity index (χ2n) is 8.57. The summed E-state index contributed by atoms with van der Waals surface area (Å²) in [6.07, 6.45) is -0.0596. The minimum Gasteiger partial charge on any atom is -0.370 e. The molecule has 0 radical (unpaired) electrons. The van der Waals surface area contributed by atoms with E-state index in [-0.39, 0.29) is 23.2 Å². The van der Waals surface area contributed by atoms with Crippen molar-refractivity contribution in [1.29, 1.82) is 0 Å². The lowest BCUT2D eigenvalue weighted by molar-refractivity contribution is -0.118. The smallest absolute Gasteiger partial charge is 0.264 e. The van der Waals surface area contributed by atoms with E-state index in [1.807, 2.05) is 42.5 Å². The highest BCUT2D eigenvalue weighted by Crippen LogP contribution is 2.30. The summed E-state index contributed by atoms with van der Waals surface area (Å²) < 4.78 is 29.0. The summed E-state index contributed by atoms with van der Waals surface area (Å²) in [5.74, 6) is -0.752. The fourth-order valence-corrected chi connectivity index (χ4v) is 5.21. The maximum absolute atomic E-state index is 13.2. The maximum atomic E-state index is 13.2. The molecule has 3 aromatic rings. The van der Waals surface area contributed by atoms with E-state index in [0.29, 0.717) is 16.6 Å². The predicted molar refractivity (Wildman–Crippen MR) is 146 cm³/mol. The number of nitrogens with two attached hydrogens (primary N) is 1. The molecule has 1 aliphatic rings. The number of hydrogen-bond donors (Lipinski definition) is 2. The molecule has 0 saturated carbocycles. The lowest BCUT2D eigenvalue weighted by atomic mass is 9.91. The van der Waals surface area contributed by atoms with Gasteiger partial charge >= 0.3 is 0 Å². The van der Waals surface area contributed by atoms with Crippen molar-refractivity contribution in [2.45, 2.75) is 30.2 Å². The van der Waals surface area contributed by atoms with Gasteiger partial charge < -0.3 is 5.73 Å². The van der Waals surface area contributed by atoms with Crippen LogP contribution in [-0.4, -0.2) is 43.6 Å². The van der Waals surface area contributed by atoms with Gasteiger partial charge in [-0.05, 0) is 54.4 Å². The molecule has 11 heteroatoms. The molecule has 1 amide bonds. The topological polar surface area (TPSA) is 117 Å². The van der Waals surface area contributed by atoms with Crippen molar-refractivity contribution >= 4 is 50.8 Å². The number of hydrogen-bond acceptors (Lipinski definition) is 5. The largest absolute Gasteiger partial charge is 0.370 e. The van der Waals surface area contributed by atoms with E-state index >= 15 is 0 Å². The Balaban J connectivity index is 1.76. The summed E-state index contributed by atoms with van der Waals surface area (Å²) in [7, 11) is -4.04. The molecule has 0 aromatic heterocycles. The van der Waals surface area contributed by atoms with Crippen LogP contribution in [0.2, 0.25) is 10.0 Å². The van der Waals surface area contributed by atoms with Crippen LogP contribution >= 0.6 is 23.2 Å². The first-order chi connectivity index (χ1) is 17.6. The number of aliphatic imine (C=N–C) groups is 1. The van der Waals surface area contributed by atoms with Gasteiger partial charge in [0.2, 0.25) is 11.9 Å². The zero-order valence-corrected chi connectivity index (χ0v) is 22.2. The van der Waals surface area contributed by atoms with Gasteiger partial charge in [0.15, 0.2) is 0 Å². The van der Waals surface area contributed by atoms with E-state index in [4.69, 9.17) is 34.0 Å². The lowest BCUT2D eigenvalue weighted by Crippen LogP contribution is -2.42. The van der Waals surface area contributed by atoms with Gasteiger partial charge in [-0.15, -0.1) is 0 Å². The quantitative estimate of drug-likeness (QED) is 0.330. The Kier molecular flexibility index (Phi) is 8.16. The van der Waals surface area contributed by atoms with Crippen LogP contribution in [0.3, 0.4) is 0 Å². The van der Waals surface area contributed by atoms with Crippen molar-refractivity contribution in [1.82, 2.24) is 9.73 Å². The highest BCUT2D eigenvalue weighted by molar-refractivity contribution is 7.90. The van der Waals surface area contributed by atoms with Crippen LogP contribution in [0.4, 0.5) is 0 Å². The molecule has 0 saturated heterocycles. The molecule has 0 bridgehead atoms. The SMILES string of the molecule is CC(CC(N)=O)N=C(NS(=O)(=O)c1ccc(Cl)cc1)N1CC(c2ccccc2)C(c2ccc(Cl)cc2)=N1. The standard InChI is InChI=1S/C26H25Cl2N5O3S/c1-17(15-24(29)34)30-26(32-37(35,36)22-13-11-21(28)12-14-22)33-16-23(18-5-3-2-4-6-18)25(31-33)19-7-9-20(27)10-8-19/h2-14,17,23H,15-16H2,1H3,(H2,29,34)(H,30,32). The predicted octanol–water partition coefficient (Wildman–Crippen LogP) is 4.40. The zero-order chi connectivity index (χ0) is 26.6. The van der Waals surface area contributed by atoms with Crippen molar-refractivity contribution in [3.8, 4) is 0 Å². The number of rotatable bonds is 7. The molecule has 3 N–H and O–H groups in total. The molecule has 0 aliphatic carbocycles. The second kappa shape index (κ2) is 11.3. The zero-order valence-electron chi connectivity index (χ0n) is 19.9. The fourth-order valence-electron chi connectivity index (χ4n) is 3.95. The molecular weight excluding hydrogens is 533 g/mol. The summed E-state index contributed by atoms with van der Waals surface area (Å²) in [5, 5.41) is 7.29. The van der Waals surface area contributed by atoms with Crippen LogP contribution in [0, 0.1) is 0 Å². The number of sulfonamides is 1. The van der Waals surface area contributed by atoms with Crippen LogP contribution in [0.15, 0.2) is 93.9 Å². The molecule has 2 atom stereocenters. The molecular formula is C26H25Cl2N5O3S. The molecule has 0 fully saturated rings. The first kappa shape index (κ1) is 26.7. The first-order valence-corrected chi connectivity index (χ1v) is 13.7. The fraction of sp³-hybridized carbons (Fsp3) is 0.192. The Morgan fingerprint density at radius 3 is 2.24 bits per heavy atom. The van der Waals surface area contributed by atoms with Crippen LogP contribution < -0.4 is 10.5 Å². The number of guanidine groups is 1. The number of benzene rings is 3. The van der Waals surface area contributed by atoms with Gasteiger partial charge in [-0.2, -0.15) is 5.10 Å². The summed E-state index contributed by atoms with van der Waals surface area (Å²) in [6.45, 7) is 1.99. The minimum atomic E-state index is -4.04. The van der Waals surface area contributed by atoms with Crippen molar-refractivity contribution in [3.05, 3.63) is 100 Å². The van der Waals surface area contributed by atoms with E-state index in [9.17, 15) is 13.2 Å². The van der Waals surface area contributed by atoms with Crippen molar-refractivity contribution in [2.24, 2.45) is 15.8 Å². The number of carbonyl (C=O) groups excluding carboxylic acids is 1. The Hall–Kier alpha value is -3.40. The lowest BCUT2D eigenvalue weighted by Gasteiger charge is -2.21. The average molecular weight is 558 g/mol. The molecule has 2 unspecified atom stereocenters. The summed E-state index contributed by atoms with van der Waals surface area (Å²) in [6, 6.07) is 22.2. The van der Waals surface area contributed by atoms with Crippen LogP contribution in [0.5, 0.6) is 0 Å². The molecule has 1 heterocycles. The second-order valence-corrected chi connectivity index (χ2v) is 11.1. The van der Waals surface area contributed by atoms with E-state index in [1.54, 1.807) is 19.1 Å². The first-order valence-electron chi connectivity index (χ1n) is 11.4. The Morgan fingerprint density at radius 2 is 1.65 bits per heavy atom. The summed E-state index contributed by atoms with van der Waals surface area (Å²) in [5.41, 5.74) is 7.92. The van der Waals surface area contributed by atoms with Crippen LogP contribution in [-0.2, 0) is 14.8 Å². The molecule has 1 aliphatic heterocycles. The van der Waals surface area contributed by atoms with E-state index in [1.165, 1.54) is 29.3 Å². The molecule has 8 nitrogen and oxygen atoms in total. The van der Waals surface area contributed by atoms with Crippen LogP contribution in [0.1, 0.15) is 30.4 Å². The Morgan fingerprint density at radius 1 is 1.05 bits per heavy atom. The Bertz CT molecular complexity index is 1430. The monoisotopic (exact) mass is 557 g/mol.